The van der Waals surface area contributed by atoms with Gasteiger partial charge in [-0.1, -0.05) is 73.8 Å². The summed E-state index contributed by atoms with van der Waals surface area (Å²) in [5, 5.41) is 2.61. The van der Waals surface area contributed by atoms with Crippen molar-refractivity contribution in [3.8, 4) is 0 Å². The number of methoxy groups -OCH3 is 1. The summed E-state index contributed by atoms with van der Waals surface area (Å²) in [4.78, 5) is 0. The first kappa shape index (κ1) is 18.7. The highest BCUT2D eigenvalue weighted by atomic mass is 16.5. The quantitative estimate of drug-likeness (QED) is 0.410. The standard InChI is InChI=1S/C15H13N.C10H12O/c1-3-11-8-9-15-13(10-11)12-6-4-5-7-14(12)16(15)2;1-3-9-4-6-10(7-5-9)8-11-2/h3-10H,1H2,2H3;3-7H,1,8H2,2H3. The number of aromatic nitrogens is 1. The summed E-state index contributed by atoms with van der Waals surface area (Å²) in [7, 11) is 3.81. The van der Waals surface area contributed by atoms with Gasteiger partial charge in [-0.25, -0.2) is 0 Å². The lowest BCUT2D eigenvalue weighted by Gasteiger charge is -1.98. The monoisotopic (exact) mass is 355 g/mol. The third kappa shape index (κ3) is 4.02. The van der Waals surface area contributed by atoms with Crippen LogP contribution in [0.4, 0.5) is 0 Å². The van der Waals surface area contributed by atoms with Crippen LogP contribution in [0.15, 0.2) is 79.9 Å². The predicted octanol–water partition coefficient (Wildman–Crippen LogP) is 6.45. The van der Waals surface area contributed by atoms with Gasteiger partial charge in [0.05, 0.1) is 6.61 Å². The smallest absolute Gasteiger partial charge is 0.0713 e. The first-order chi connectivity index (χ1) is 13.2. The first-order valence-corrected chi connectivity index (χ1v) is 8.98. The van der Waals surface area contributed by atoms with E-state index in [1.807, 2.05) is 36.4 Å². The molecule has 2 heteroatoms. The zero-order valence-electron chi connectivity index (χ0n) is 16.0. The Bertz CT molecular complexity index is 1070. The van der Waals surface area contributed by atoms with Crippen molar-refractivity contribution in [1.82, 2.24) is 4.57 Å². The predicted molar refractivity (Wildman–Crippen MR) is 118 cm³/mol. The lowest BCUT2D eigenvalue weighted by atomic mass is 10.1. The van der Waals surface area contributed by atoms with Gasteiger partial charge in [0, 0.05) is 36.0 Å². The van der Waals surface area contributed by atoms with Crippen molar-refractivity contribution in [2.24, 2.45) is 7.05 Å². The van der Waals surface area contributed by atoms with Gasteiger partial charge in [-0.2, -0.15) is 0 Å². The summed E-state index contributed by atoms with van der Waals surface area (Å²) < 4.78 is 7.21. The van der Waals surface area contributed by atoms with Crippen LogP contribution < -0.4 is 0 Å². The van der Waals surface area contributed by atoms with Gasteiger partial charge in [0.15, 0.2) is 0 Å². The van der Waals surface area contributed by atoms with Crippen LogP contribution in [-0.4, -0.2) is 11.7 Å². The molecule has 1 heterocycles. The highest BCUT2D eigenvalue weighted by Gasteiger charge is 2.06. The third-order valence-corrected chi connectivity index (χ3v) is 4.70. The molecule has 2 nitrogen and oxygen atoms in total. The molecule has 0 spiro atoms. The molecule has 0 N–H and O–H groups in total. The molecule has 0 saturated carbocycles. The van der Waals surface area contributed by atoms with Crippen LogP contribution in [0.3, 0.4) is 0 Å². The molecule has 0 atom stereocenters. The van der Waals surface area contributed by atoms with Crippen molar-refractivity contribution in [3.63, 3.8) is 0 Å². The van der Waals surface area contributed by atoms with Crippen molar-refractivity contribution in [2.75, 3.05) is 7.11 Å². The van der Waals surface area contributed by atoms with Crippen LogP contribution in [0.25, 0.3) is 34.0 Å². The number of rotatable bonds is 4. The molecular formula is C25H25NO. The zero-order valence-corrected chi connectivity index (χ0v) is 16.0. The van der Waals surface area contributed by atoms with E-state index in [0.717, 1.165) is 5.56 Å². The van der Waals surface area contributed by atoms with E-state index in [9.17, 15) is 0 Å². The number of hydrogen-bond donors (Lipinski definition) is 0. The number of hydrogen-bond acceptors (Lipinski definition) is 1. The van der Waals surface area contributed by atoms with Crippen LogP contribution in [0.1, 0.15) is 16.7 Å². The average molecular weight is 355 g/mol. The first-order valence-electron chi connectivity index (χ1n) is 8.98. The lowest BCUT2D eigenvalue weighted by molar-refractivity contribution is 0.185. The second kappa shape index (κ2) is 8.52. The highest BCUT2D eigenvalue weighted by Crippen LogP contribution is 2.28. The van der Waals surface area contributed by atoms with E-state index in [1.165, 1.54) is 32.9 Å². The average Bonchev–Trinajstić information content (AvgIpc) is 3.01. The summed E-state index contributed by atoms with van der Waals surface area (Å²) >= 11 is 0. The number of ether oxygens (including phenoxy) is 1. The Morgan fingerprint density at radius 1 is 0.815 bits per heavy atom. The molecule has 0 radical (unpaired) electrons. The maximum absolute atomic E-state index is 4.98. The van der Waals surface area contributed by atoms with E-state index < -0.39 is 0 Å². The normalized spacial score (nSPS) is 10.4. The topological polar surface area (TPSA) is 14.2 Å². The molecule has 0 aliphatic carbocycles. The molecule has 3 aromatic carbocycles. The van der Waals surface area contributed by atoms with E-state index in [0.29, 0.717) is 6.61 Å². The molecule has 0 unspecified atom stereocenters. The Balaban J connectivity index is 0.000000168. The van der Waals surface area contributed by atoms with Crippen molar-refractivity contribution >= 4 is 34.0 Å². The molecule has 0 saturated heterocycles. The highest BCUT2D eigenvalue weighted by molar-refractivity contribution is 6.08. The second-order valence-corrected chi connectivity index (χ2v) is 6.44. The summed E-state index contributed by atoms with van der Waals surface area (Å²) in [6, 6.07) is 23.1. The number of aryl methyl sites for hydroxylation is 1. The molecule has 0 fully saturated rings. The molecule has 0 amide bonds. The number of para-hydroxylation sites is 1. The molecule has 4 rings (SSSR count). The fourth-order valence-corrected chi connectivity index (χ4v) is 3.23. The van der Waals surface area contributed by atoms with Crippen LogP contribution in [0.2, 0.25) is 0 Å². The molecule has 136 valence electrons. The number of benzene rings is 3. The minimum Gasteiger partial charge on any atom is -0.380 e. The maximum Gasteiger partial charge on any atom is 0.0713 e. The van der Waals surface area contributed by atoms with Gasteiger partial charge in [0.2, 0.25) is 0 Å². The lowest BCUT2D eigenvalue weighted by Crippen LogP contribution is -1.85. The van der Waals surface area contributed by atoms with Crippen molar-refractivity contribution in [1.29, 1.82) is 0 Å². The van der Waals surface area contributed by atoms with Gasteiger partial charge in [-0.05, 0) is 34.9 Å². The van der Waals surface area contributed by atoms with Crippen molar-refractivity contribution in [2.45, 2.75) is 6.61 Å². The molecule has 0 bridgehead atoms. The Hall–Kier alpha value is -3.10. The van der Waals surface area contributed by atoms with Crippen LogP contribution in [-0.2, 0) is 18.4 Å². The summed E-state index contributed by atoms with van der Waals surface area (Å²) in [5.41, 5.74) is 6.05. The Morgan fingerprint density at radius 2 is 1.44 bits per heavy atom. The molecule has 1 aromatic heterocycles. The summed E-state index contributed by atoms with van der Waals surface area (Å²) in [6.45, 7) is 8.17. The third-order valence-electron chi connectivity index (χ3n) is 4.70. The molecule has 0 aliphatic rings. The van der Waals surface area contributed by atoms with E-state index in [4.69, 9.17) is 4.74 Å². The van der Waals surface area contributed by atoms with Gasteiger partial charge in [-0.15, -0.1) is 0 Å². The second-order valence-electron chi connectivity index (χ2n) is 6.44. The summed E-state index contributed by atoms with van der Waals surface area (Å²) in [6.07, 6.45) is 3.72. The van der Waals surface area contributed by atoms with E-state index >= 15 is 0 Å². The SMILES string of the molecule is C=Cc1ccc(COC)cc1.C=Cc1ccc2c(c1)c1ccccc1n2C. The molecule has 27 heavy (non-hydrogen) atoms. The van der Waals surface area contributed by atoms with Gasteiger partial charge < -0.3 is 9.30 Å². The van der Waals surface area contributed by atoms with Crippen LogP contribution in [0.5, 0.6) is 0 Å². The fraction of sp³-hybridized carbons (Fsp3) is 0.120. The number of fused-ring (bicyclic) bond motifs is 3. The van der Waals surface area contributed by atoms with E-state index in [-0.39, 0.29) is 0 Å². The largest absolute Gasteiger partial charge is 0.380 e. The Labute approximate surface area is 161 Å². The summed E-state index contributed by atoms with van der Waals surface area (Å²) in [5.74, 6) is 0. The van der Waals surface area contributed by atoms with Crippen molar-refractivity contribution in [3.05, 3.63) is 96.6 Å². The minimum absolute atomic E-state index is 0.678. The van der Waals surface area contributed by atoms with Gasteiger partial charge in [-0.3, -0.25) is 0 Å². The zero-order chi connectivity index (χ0) is 19.2. The van der Waals surface area contributed by atoms with Crippen molar-refractivity contribution < 1.29 is 4.74 Å². The maximum atomic E-state index is 4.98. The fourth-order valence-electron chi connectivity index (χ4n) is 3.23. The Morgan fingerprint density at radius 3 is 2.11 bits per heavy atom. The van der Waals surface area contributed by atoms with Crippen LogP contribution >= 0.6 is 0 Å². The van der Waals surface area contributed by atoms with Gasteiger partial charge in [0.1, 0.15) is 0 Å². The van der Waals surface area contributed by atoms with Crippen LogP contribution in [0, 0.1) is 0 Å². The molecular weight excluding hydrogens is 330 g/mol. The van der Waals surface area contributed by atoms with E-state index in [2.05, 4.69) is 67.2 Å². The molecule has 0 aliphatic heterocycles. The minimum atomic E-state index is 0.678. The molecule has 4 aromatic rings. The number of nitrogens with zero attached hydrogens (tertiary/aromatic N) is 1. The van der Waals surface area contributed by atoms with Gasteiger partial charge in [0.25, 0.3) is 0 Å². The van der Waals surface area contributed by atoms with Gasteiger partial charge >= 0.3 is 0 Å². The van der Waals surface area contributed by atoms with E-state index in [1.54, 1.807) is 7.11 Å². The Kier molecular flexibility index (Phi) is 5.90.